The highest BCUT2D eigenvalue weighted by molar-refractivity contribution is 7.13. The number of hydrogen-bond acceptors (Lipinski definition) is 4. The topological polar surface area (TPSA) is 79.3 Å². The van der Waals surface area contributed by atoms with Gasteiger partial charge in [0.1, 0.15) is 10.7 Å². The summed E-state index contributed by atoms with van der Waals surface area (Å²) in [5.74, 6) is -2.20. The summed E-state index contributed by atoms with van der Waals surface area (Å²) in [6.07, 6.45) is 2.79. The lowest BCUT2D eigenvalue weighted by atomic mass is 10.0. The van der Waals surface area contributed by atoms with Gasteiger partial charge in [0.25, 0.3) is 5.91 Å². The number of carbonyl (C=O) groups excluding carboxylic acids is 1. The largest absolute Gasteiger partial charge is 0.481 e. The minimum absolute atomic E-state index is 0.0641. The Bertz CT molecular complexity index is 751. The summed E-state index contributed by atoms with van der Waals surface area (Å²) in [5, 5.41) is 12.4. The zero-order valence-electron chi connectivity index (χ0n) is 12.9. The monoisotopic (exact) mass is 370 g/mol. The van der Waals surface area contributed by atoms with Crippen molar-refractivity contribution >= 4 is 34.8 Å². The van der Waals surface area contributed by atoms with Crippen LogP contribution in [-0.4, -0.2) is 22.0 Å². The van der Waals surface area contributed by atoms with Gasteiger partial charge in [-0.3, -0.25) is 9.59 Å². The summed E-state index contributed by atoms with van der Waals surface area (Å²) < 4.78 is 13.6. The van der Waals surface area contributed by atoms with E-state index in [0.717, 1.165) is 23.9 Å². The molecule has 1 unspecified atom stereocenters. The number of benzene rings is 1. The lowest BCUT2D eigenvalue weighted by Gasteiger charge is -2.17. The molecule has 1 aromatic carbocycles. The number of carboxylic acid groups (broad SMARTS) is 1. The second kappa shape index (κ2) is 8.21. The number of carbonyl (C=O) groups is 2. The number of amides is 1. The Morgan fingerprint density at radius 1 is 1.46 bits per heavy atom. The normalized spacial score (nSPS) is 12.0. The van der Waals surface area contributed by atoms with Crippen molar-refractivity contribution in [3.8, 4) is 0 Å². The van der Waals surface area contributed by atoms with E-state index < -0.39 is 23.7 Å². The summed E-state index contributed by atoms with van der Waals surface area (Å²) in [6.45, 7) is 2.01. The highest BCUT2D eigenvalue weighted by Gasteiger charge is 2.21. The molecule has 2 aromatic rings. The van der Waals surface area contributed by atoms with Crippen molar-refractivity contribution in [1.29, 1.82) is 0 Å². The van der Waals surface area contributed by atoms with E-state index in [9.17, 15) is 14.0 Å². The number of aromatic nitrogens is 1. The van der Waals surface area contributed by atoms with Gasteiger partial charge in [0.2, 0.25) is 0 Å². The van der Waals surface area contributed by atoms with Crippen molar-refractivity contribution in [3.63, 3.8) is 0 Å². The van der Waals surface area contributed by atoms with Crippen LogP contribution < -0.4 is 5.32 Å². The highest BCUT2D eigenvalue weighted by atomic mass is 35.5. The molecule has 0 saturated carbocycles. The average Bonchev–Trinajstić information content (AvgIpc) is 2.98. The smallest absolute Gasteiger partial charge is 0.305 e. The summed E-state index contributed by atoms with van der Waals surface area (Å²) in [6, 6.07) is 3.10. The zero-order valence-corrected chi connectivity index (χ0v) is 14.5. The Morgan fingerprint density at radius 3 is 2.83 bits per heavy atom. The van der Waals surface area contributed by atoms with Gasteiger partial charge in [-0.1, -0.05) is 24.6 Å². The Labute approximate surface area is 147 Å². The maximum absolute atomic E-state index is 13.6. The van der Waals surface area contributed by atoms with Crippen molar-refractivity contribution in [2.45, 2.75) is 32.2 Å². The van der Waals surface area contributed by atoms with E-state index >= 15 is 0 Å². The summed E-state index contributed by atoms with van der Waals surface area (Å²) in [7, 11) is 0. The van der Waals surface area contributed by atoms with Crippen LogP contribution in [0.3, 0.4) is 0 Å². The fraction of sp³-hybridized carbons (Fsp3) is 0.312. The van der Waals surface area contributed by atoms with Crippen LogP contribution in [0.5, 0.6) is 0 Å². The summed E-state index contributed by atoms with van der Waals surface area (Å²) in [4.78, 5) is 27.9. The molecule has 128 valence electrons. The molecule has 1 heterocycles. The number of nitrogens with one attached hydrogen (secondary N) is 1. The van der Waals surface area contributed by atoms with Gasteiger partial charge in [-0.25, -0.2) is 9.37 Å². The van der Waals surface area contributed by atoms with Gasteiger partial charge in [0.05, 0.1) is 28.7 Å². The zero-order chi connectivity index (χ0) is 17.7. The maximum Gasteiger partial charge on any atom is 0.305 e. The Kier molecular flexibility index (Phi) is 6.28. The average molecular weight is 371 g/mol. The molecular formula is C16H16ClFN2O3S. The lowest BCUT2D eigenvalue weighted by molar-refractivity contribution is -0.137. The molecule has 1 aromatic heterocycles. The Hall–Kier alpha value is -1.99. The van der Waals surface area contributed by atoms with Crippen molar-refractivity contribution in [1.82, 2.24) is 10.3 Å². The van der Waals surface area contributed by atoms with Gasteiger partial charge >= 0.3 is 5.97 Å². The van der Waals surface area contributed by atoms with Gasteiger partial charge in [-0.2, -0.15) is 0 Å². The van der Waals surface area contributed by atoms with Gasteiger partial charge in [-0.05, 0) is 30.5 Å². The molecule has 1 amide bonds. The van der Waals surface area contributed by atoms with E-state index in [1.165, 1.54) is 29.7 Å². The van der Waals surface area contributed by atoms with Crippen LogP contribution in [-0.2, 0) is 11.2 Å². The quantitative estimate of drug-likeness (QED) is 0.776. The van der Waals surface area contributed by atoms with E-state index in [0.29, 0.717) is 10.4 Å². The molecule has 5 nitrogen and oxygen atoms in total. The predicted octanol–water partition coefficient (Wildman–Crippen LogP) is 3.83. The van der Waals surface area contributed by atoms with Crippen LogP contribution in [0, 0.1) is 5.82 Å². The molecule has 0 aliphatic rings. The van der Waals surface area contributed by atoms with Gasteiger partial charge in [0, 0.05) is 0 Å². The standard InChI is InChI=1S/C16H16ClFN2O3S/c1-2-3-14-19-8-13(24-14)16(23)20-12(7-15(21)22)9-4-5-10(17)11(18)6-9/h4-6,8,12H,2-3,7H2,1H3,(H,20,23)(H,21,22). The SMILES string of the molecule is CCCc1ncc(C(=O)NC(CC(=O)O)c2ccc(Cl)c(F)c2)s1. The van der Waals surface area contributed by atoms with Crippen molar-refractivity contribution in [2.75, 3.05) is 0 Å². The lowest BCUT2D eigenvalue weighted by Crippen LogP contribution is -2.29. The molecule has 0 bridgehead atoms. The van der Waals surface area contributed by atoms with Crippen LogP contribution in [0.1, 0.15) is 46.0 Å². The van der Waals surface area contributed by atoms with Gasteiger partial charge in [-0.15, -0.1) is 11.3 Å². The van der Waals surface area contributed by atoms with Crippen LogP contribution in [0.15, 0.2) is 24.4 Å². The number of aryl methyl sites for hydroxylation is 1. The number of rotatable bonds is 7. The number of nitrogens with zero attached hydrogens (tertiary/aromatic N) is 1. The molecular weight excluding hydrogens is 355 g/mol. The molecule has 24 heavy (non-hydrogen) atoms. The fourth-order valence-electron chi connectivity index (χ4n) is 2.13. The molecule has 0 radical (unpaired) electrons. The first kappa shape index (κ1) is 18.4. The molecule has 8 heteroatoms. The van der Waals surface area contributed by atoms with E-state index in [1.807, 2.05) is 6.92 Å². The molecule has 0 aliphatic heterocycles. The third kappa shape index (κ3) is 4.75. The van der Waals surface area contributed by atoms with Crippen LogP contribution in [0.25, 0.3) is 0 Å². The molecule has 0 aliphatic carbocycles. The number of carboxylic acids is 1. The molecule has 0 saturated heterocycles. The second-order valence-corrected chi connectivity index (χ2v) is 6.69. The summed E-state index contributed by atoms with van der Waals surface area (Å²) >= 11 is 6.90. The maximum atomic E-state index is 13.6. The number of aliphatic carboxylic acids is 1. The fourth-order valence-corrected chi connectivity index (χ4v) is 3.17. The van der Waals surface area contributed by atoms with E-state index in [2.05, 4.69) is 10.3 Å². The molecule has 0 fully saturated rings. The molecule has 2 N–H and O–H groups in total. The highest BCUT2D eigenvalue weighted by Crippen LogP contribution is 2.24. The first-order chi connectivity index (χ1) is 11.4. The molecule has 0 spiro atoms. The van der Waals surface area contributed by atoms with Crippen LogP contribution in [0.2, 0.25) is 5.02 Å². The molecule has 1 atom stereocenters. The second-order valence-electron chi connectivity index (χ2n) is 5.17. The van der Waals surface area contributed by atoms with Gasteiger partial charge < -0.3 is 10.4 Å². The van der Waals surface area contributed by atoms with Crippen LogP contribution in [0.4, 0.5) is 4.39 Å². The van der Waals surface area contributed by atoms with Crippen molar-refractivity contribution in [3.05, 3.63) is 50.7 Å². The minimum atomic E-state index is -1.10. The third-order valence-corrected chi connectivity index (χ3v) is 4.63. The van der Waals surface area contributed by atoms with Gasteiger partial charge in [0.15, 0.2) is 0 Å². The minimum Gasteiger partial charge on any atom is -0.481 e. The van der Waals surface area contributed by atoms with E-state index in [4.69, 9.17) is 16.7 Å². The van der Waals surface area contributed by atoms with Crippen LogP contribution >= 0.6 is 22.9 Å². The summed E-state index contributed by atoms with van der Waals surface area (Å²) in [5.41, 5.74) is 0.339. The van der Waals surface area contributed by atoms with E-state index in [-0.39, 0.29) is 11.4 Å². The number of halogens is 2. The number of thiazole rings is 1. The van der Waals surface area contributed by atoms with Crippen molar-refractivity contribution in [2.24, 2.45) is 0 Å². The Morgan fingerprint density at radius 2 is 2.21 bits per heavy atom. The Balaban J connectivity index is 2.19. The third-order valence-electron chi connectivity index (χ3n) is 3.27. The van der Waals surface area contributed by atoms with Crippen molar-refractivity contribution < 1.29 is 19.1 Å². The predicted molar refractivity (Wildman–Crippen MR) is 90.0 cm³/mol. The first-order valence-corrected chi connectivity index (χ1v) is 8.52. The van der Waals surface area contributed by atoms with E-state index in [1.54, 1.807) is 0 Å². The number of hydrogen-bond donors (Lipinski definition) is 2. The first-order valence-electron chi connectivity index (χ1n) is 7.33. The molecule has 2 rings (SSSR count).